The molecule has 0 aliphatic heterocycles. The smallest absolute Gasteiger partial charge is 0.257 e. The van der Waals surface area contributed by atoms with Crippen molar-refractivity contribution >= 4 is 45.2 Å². The first kappa shape index (κ1) is 15.5. The van der Waals surface area contributed by atoms with Crippen molar-refractivity contribution in [2.45, 2.75) is 4.90 Å². The molecule has 0 spiro atoms. The third-order valence-corrected chi connectivity index (χ3v) is 4.06. The number of hydrogen-bond donors (Lipinski definition) is 2. The Balaban J connectivity index is 2.13. The molecular formula is C14H12BrN3O2S. The van der Waals surface area contributed by atoms with E-state index in [1.54, 1.807) is 18.2 Å². The quantitative estimate of drug-likeness (QED) is 0.629. The lowest BCUT2D eigenvalue weighted by molar-refractivity contribution is -0.115. The van der Waals surface area contributed by atoms with E-state index in [1.165, 1.54) is 18.0 Å². The number of thioether (sulfide) groups is 1. The highest BCUT2D eigenvalue weighted by molar-refractivity contribution is 9.10. The Morgan fingerprint density at radius 2 is 2.00 bits per heavy atom. The van der Waals surface area contributed by atoms with Crippen molar-refractivity contribution < 1.29 is 9.59 Å². The Labute approximate surface area is 134 Å². The number of carbonyl (C=O) groups excluding carboxylic acids is 2. The minimum atomic E-state index is -0.404. The summed E-state index contributed by atoms with van der Waals surface area (Å²) in [5.74, 6) is -0.507. The third-order valence-electron chi connectivity index (χ3n) is 2.49. The molecule has 2 aromatic rings. The topological polar surface area (TPSA) is 85.1 Å². The van der Waals surface area contributed by atoms with E-state index in [2.05, 4.69) is 26.2 Å². The van der Waals surface area contributed by atoms with E-state index in [0.29, 0.717) is 15.9 Å². The highest BCUT2D eigenvalue weighted by Gasteiger charge is 2.10. The van der Waals surface area contributed by atoms with Gasteiger partial charge in [0.25, 0.3) is 5.91 Å². The SMILES string of the molecule is NC(=O)CSc1ccccc1NC(=O)c1ccc(Br)nc1. The summed E-state index contributed by atoms with van der Waals surface area (Å²) in [4.78, 5) is 27.8. The first-order valence-electron chi connectivity index (χ1n) is 5.99. The molecule has 0 aliphatic rings. The number of para-hydroxylation sites is 1. The Morgan fingerprint density at radius 3 is 2.67 bits per heavy atom. The number of amides is 2. The number of pyridine rings is 1. The lowest BCUT2D eigenvalue weighted by Gasteiger charge is -2.10. The van der Waals surface area contributed by atoms with Crippen molar-refractivity contribution in [3.8, 4) is 0 Å². The molecule has 5 nitrogen and oxygen atoms in total. The van der Waals surface area contributed by atoms with E-state index >= 15 is 0 Å². The van der Waals surface area contributed by atoms with Crippen LogP contribution in [0.25, 0.3) is 0 Å². The lowest BCUT2D eigenvalue weighted by atomic mass is 10.2. The molecule has 0 bridgehead atoms. The molecule has 1 aromatic heterocycles. The van der Waals surface area contributed by atoms with Gasteiger partial charge in [-0.1, -0.05) is 12.1 Å². The number of rotatable bonds is 5. The van der Waals surface area contributed by atoms with Crippen LogP contribution in [-0.2, 0) is 4.79 Å². The summed E-state index contributed by atoms with van der Waals surface area (Å²) >= 11 is 4.50. The fourth-order valence-electron chi connectivity index (χ4n) is 1.55. The molecule has 108 valence electrons. The molecule has 0 radical (unpaired) electrons. The Bertz CT molecular complexity index is 662. The van der Waals surface area contributed by atoms with Gasteiger partial charge in [-0.05, 0) is 40.2 Å². The summed E-state index contributed by atoms with van der Waals surface area (Å²) in [7, 11) is 0. The van der Waals surface area contributed by atoms with E-state index < -0.39 is 5.91 Å². The fraction of sp³-hybridized carbons (Fsp3) is 0.0714. The number of nitrogens with two attached hydrogens (primary N) is 1. The van der Waals surface area contributed by atoms with Gasteiger partial charge in [-0.2, -0.15) is 0 Å². The van der Waals surface area contributed by atoms with Gasteiger partial charge in [0, 0.05) is 11.1 Å². The van der Waals surface area contributed by atoms with Gasteiger partial charge < -0.3 is 11.1 Å². The molecule has 0 saturated heterocycles. The van der Waals surface area contributed by atoms with Crippen molar-refractivity contribution in [2.24, 2.45) is 5.73 Å². The molecule has 0 saturated carbocycles. The number of carbonyl (C=O) groups is 2. The number of benzene rings is 1. The van der Waals surface area contributed by atoms with Crippen LogP contribution in [0.2, 0.25) is 0 Å². The maximum atomic E-state index is 12.1. The first-order chi connectivity index (χ1) is 10.1. The average Bonchev–Trinajstić information content (AvgIpc) is 2.47. The van der Waals surface area contributed by atoms with Crippen LogP contribution in [0, 0.1) is 0 Å². The lowest BCUT2D eigenvalue weighted by Crippen LogP contribution is -2.14. The van der Waals surface area contributed by atoms with Crippen LogP contribution < -0.4 is 11.1 Å². The van der Waals surface area contributed by atoms with Crippen LogP contribution in [0.3, 0.4) is 0 Å². The summed E-state index contributed by atoms with van der Waals surface area (Å²) in [6, 6.07) is 10.6. The molecule has 1 aromatic carbocycles. The monoisotopic (exact) mass is 365 g/mol. The third kappa shape index (κ3) is 4.57. The fourth-order valence-corrected chi connectivity index (χ4v) is 2.53. The largest absolute Gasteiger partial charge is 0.369 e. The van der Waals surface area contributed by atoms with Crippen molar-refractivity contribution in [1.82, 2.24) is 4.98 Å². The second kappa shape index (κ2) is 7.24. The van der Waals surface area contributed by atoms with Crippen LogP contribution in [-0.4, -0.2) is 22.6 Å². The normalized spacial score (nSPS) is 10.1. The van der Waals surface area contributed by atoms with Gasteiger partial charge in [0.05, 0.1) is 17.0 Å². The number of hydrogen-bond acceptors (Lipinski definition) is 4. The number of aromatic nitrogens is 1. The van der Waals surface area contributed by atoms with Crippen molar-refractivity contribution in [2.75, 3.05) is 11.1 Å². The molecule has 1 heterocycles. The number of primary amides is 1. The van der Waals surface area contributed by atoms with Crippen LogP contribution in [0.1, 0.15) is 10.4 Å². The second-order valence-electron chi connectivity index (χ2n) is 4.07. The van der Waals surface area contributed by atoms with Crippen LogP contribution >= 0.6 is 27.7 Å². The number of nitrogens with one attached hydrogen (secondary N) is 1. The Hall–Kier alpha value is -1.86. The van der Waals surface area contributed by atoms with E-state index in [1.807, 2.05) is 18.2 Å². The number of halogens is 1. The predicted octanol–water partition coefficient (Wildman–Crippen LogP) is 2.67. The maximum Gasteiger partial charge on any atom is 0.257 e. The standard InChI is InChI=1S/C14H12BrN3O2S/c15-12-6-5-9(7-17-12)14(20)18-10-3-1-2-4-11(10)21-8-13(16)19/h1-7H,8H2,(H2,16,19)(H,18,20). The van der Waals surface area contributed by atoms with Gasteiger partial charge >= 0.3 is 0 Å². The molecule has 21 heavy (non-hydrogen) atoms. The second-order valence-corrected chi connectivity index (χ2v) is 5.90. The molecule has 0 aliphatic carbocycles. The number of anilines is 1. The molecular weight excluding hydrogens is 354 g/mol. The van der Waals surface area contributed by atoms with Gasteiger partial charge in [0.2, 0.25) is 5.91 Å². The zero-order valence-corrected chi connectivity index (χ0v) is 13.3. The summed E-state index contributed by atoms with van der Waals surface area (Å²) in [6.45, 7) is 0. The summed E-state index contributed by atoms with van der Waals surface area (Å²) in [5, 5.41) is 2.80. The van der Waals surface area contributed by atoms with Gasteiger partial charge in [0.15, 0.2) is 0 Å². The molecule has 7 heteroatoms. The molecule has 3 N–H and O–H groups in total. The van der Waals surface area contributed by atoms with Gasteiger partial charge in [-0.15, -0.1) is 11.8 Å². The zero-order chi connectivity index (χ0) is 15.2. The summed E-state index contributed by atoms with van der Waals surface area (Å²) in [6.07, 6.45) is 1.48. The summed E-state index contributed by atoms with van der Waals surface area (Å²) < 4.78 is 0.663. The minimum Gasteiger partial charge on any atom is -0.369 e. The molecule has 0 unspecified atom stereocenters. The van der Waals surface area contributed by atoms with Crippen LogP contribution in [0.15, 0.2) is 52.1 Å². The predicted molar refractivity (Wildman–Crippen MR) is 86.3 cm³/mol. The minimum absolute atomic E-state index is 0.159. The van der Waals surface area contributed by atoms with Crippen molar-refractivity contribution in [1.29, 1.82) is 0 Å². The van der Waals surface area contributed by atoms with Gasteiger partial charge in [-0.25, -0.2) is 4.98 Å². The Morgan fingerprint density at radius 1 is 1.24 bits per heavy atom. The Kier molecular flexibility index (Phi) is 5.35. The van der Waals surface area contributed by atoms with Gasteiger partial charge in [0.1, 0.15) is 4.60 Å². The van der Waals surface area contributed by atoms with E-state index in [4.69, 9.17) is 5.73 Å². The average molecular weight is 366 g/mol. The van der Waals surface area contributed by atoms with Crippen LogP contribution in [0.5, 0.6) is 0 Å². The molecule has 2 amide bonds. The van der Waals surface area contributed by atoms with Gasteiger partial charge in [-0.3, -0.25) is 9.59 Å². The highest BCUT2D eigenvalue weighted by atomic mass is 79.9. The van der Waals surface area contributed by atoms with E-state index in [-0.39, 0.29) is 11.7 Å². The van der Waals surface area contributed by atoms with Crippen molar-refractivity contribution in [3.63, 3.8) is 0 Å². The molecule has 2 rings (SSSR count). The number of nitrogens with zero attached hydrogens (tertiary/aromatic N) is 1. The highest BCUT2D eigenvalue weighted by Crippen LogP contribution is 2.27. The van der Waals surface area contributed by atoms with Crippen LogP contribution in [0.4, 0.5) is 5.69 Å². The molecule has 0 atom stereocenters. The zero-order valence-electron chi connectivity index (χ0n) is 10.9. The molecule has 0 fully saturated rings. The summed E-state index contributed by atoms with van der Waals surface area (Å²) in [5.41, 5.74) is 6.22. The van der Waals surface area contributed by atoms with Crippen molar-refractivity contribution in [3.05, 3.63) is 52.8 Å². The first-order valence-corrected chi connectivity index (χ1v) is 7.77. The van der Waals surface area contributed by atoms with E-state index in [0.717, 1.165) is 4.90 Å². The van der Waals surface area contributed by atoms with E-state index in [9.17, 15) is 9.59 Å². The maximum absolute atomic E-state index is 12.1.